The molecule has 1 aromatic heterocycles. The van der Waals surface area contributed by atoms with Crippen LogP contribution >= 0.6 is 0 Å². The van der Waals surface area contributed by atoms with Crippen LogP contribution < -0.4 is 10.2 Å². The van der Waals surface area contributed by atoms with Crippen LogP contribution in [0.4, 0.5) is 5.69 Å². The second kappa shape index (κ2) is 3.79. The Balaban J connectivity index is 2.02. The van der Waals surface area contributed by atoms with Crippen LogP contribution in [0.3, 0.4) is 0 Å². The van der Waals surface area contributed by atoms with Gasteiger partial charge in [0.15, 0.2) is 0 Å². The van der Waals surface area contributed by atoms with Gasteiger partial charge >= 0.3 is 0 Å². The predicted molar refractivity (Wildman–Crippen MR) is 80.0 cm³/mol. The second-order valence-electron chi connectivity index (χ2n) is 4.93. The Morgan fingerprint density at radius 1 is 1.00 bits per heavy atom. The third-order valence-electron chi connectivity index (χ3n) is 3.86. The number of benzene rings is 2. The maximum Gasteiger partial charge on any atom is 0.0916 e. The topological polar surface area (TPSA) is 20.2 Å². The van der Waals surface area contributed by atoms with Gasteiger partial charge < -0.3 is 14.8 Å². The lowest BCUT2D eigenvalue weighted by molar-refractivity contribution is 0.901. The first kappa shape index (κ1) is 10.5. The van der Waals surface area contributed by atoms with Crippen molar-refractivity contribution in [3.05, 3.63) is 54.9 Å². The van der Waals surface area contributed by atoms with Crippen molar-refractivity contribution in [2.24, 2.45) is 7.05 Å². The van der Waals surface area contributed by atoms with Gasteiger partial charge in [0.25, 0.3) is 0 Å². The van der Waals surface area contributed by atoms with E-state index in [1.807, 2.05) is 6.20 Å². The van der Waals surface area contributed by atoms with E-state index >= 15 is 0 Å². The molecule has 4 rings (SSSR count). The third kappa shape index (κ3) is 1.45. The number of fused-ring (bicyclic) bond motifs is 3. The summed E-state index contributed by atoms with van der Waals surface area (Å²) in [5, 5.41) is 5.83. The van der Waals surface area contributed by atoms with Crippen LogP contribution in [0.1, 0.15) is 0 Å². The fraction of sp³-hybridized carbons (Fsp3) is 0.125. The molecular weight excluding hydrogens is 234 g/mol. The van der Waals surface area contributed by atoms with Crippen LogP contribution in [-0.2, 0) is 7.05 Å². The number of hydrogen-bond donors (Lipinski definition) is 1. The zero-order valence-corrected chi connectivity index (χ0v) is 10.8. The van der Waals surface area contributed by atoms with E-state index in [0.29, 0.717) is 0 Å². The van der Waals surface area contributed by atoms with E-state index in [-0.39, 0.29) is 0 Å². The molecule has 0 aliphatic carbocycles. The van der Waals surface area contributed by atoms with Gasteiger partial charge in [-0.15, -0.1) is 0 Å². The van der Waals surface area contributed by atoms with Crippen LogP contribution in [0, 0.1) is 0 Å². The third-order valence-corrected chi connectivity index (χ3v) is 3.86. The van der Waals surface area contributed by atoms with Gasteiger partial charge in [0.2, 0.25) is 0 Å². The van der Waals surface area contributed by atoms with E-state index < -0.39 is 0 Å². The monoisotopic (exact) mass is 249 g/mol. The molecular formula is C16H15N3. The molecule has 1 N–H and O–H groups in total. The number of aromatic nitrogens is 1. The van der Waals surface area contributed by atoms with Crippen molar-refractivity contribution in [3.63, 3.8) is 0 Å². The summed E-state index contributed by atoms with van der Waals surface area (Å²) in [6.45, 7) is 0.844. The first-order valence-corrected chi connectivity index (χ1v) is 6.48. The van der Waals surface area contributed by atoms with Gasteiger partial charge in [-0.3, -0.25) is 0 Å². The van der Waals surface area contributed by atoms with Crippen molar-refractivity contribution in [2.75, 3.05) is 11.6 Å². The van der Waals surface area contributed by atoms with Crippen molar-refractivity contribution in [1.82, 2.24) is 9.88 Å². The summed E-state index contributed by atoms with van der Waals surface area (Å²) in [6.07, 6.45) is 4.06. The summed E-state index contributed by atoms with van der Waals surface area (Å²) >= 11 is 0. The van der Waals surface area contributed by atoms with Crippen molar-refractivity contribution < 1.29 is 0 Å². The Morgan fingerprint density at radius 2 is 1.84 bits per heavy atom. The molecule has 0 radical (unpaired) electrons. The minimum Gasteiger partial charge on any atom is -0.372 e. The standard InChI is InChI=1S/C16H15N3/c1-18-15-5-3-2-4-13(15)14-10-12(6-7-16(14)18)19-9-8-17-11-19/h2-10,17H,11H2,1H3. The average Bonchev–Trinajstić information content (AvgIpc) is 3.08. The van der Waals surface area contributed by atoms with E-state index in [0.717, 1.165) is 6.67 Å². The van der Waals surface area contributed by atoms with Crippen LogP contribution in [-0.4, -0.2) is 11.2 Å². The normalized spacial score (nSPS) is 14.5. The Labute approximate surface area is 111 Å². The number of hydrogen-bond acceptors (Lipinski definition) is 2. The zero-order chi connectivity index (χ0) is 12.8. The molecule has 19 heavy (non-hydrogen) atoms. The molecule has 0 amide bonds. The van der Waals surface area contributed by atoms with Crippen molar-refractivity contribution >= 4 is 27.5 Å². The lowest BCUT2D eigenvalue weighted by atomic mass is 10.1. The largest absolute Gasteiger partial charge is 0.372 e. The lowest BCUT2D eigenvalue weighted by Crippen LogP contribution is -2.19. The highest BCUT2D eigenvalue weighted by atomic mass is 15.2. The van der Waals surface area contributed by atoms with Crippen LogP contribution in [0.15, 0.2) is 54.9 Å². The molecule has 1 aliphatic heterocycles. The molecule has 0 bridgehead atoms. The highest BCUT2D eigenvalue weighted by Gasteiger charge is 2.11. The summed E-state index contributed by atoms with van der Waals surface area (Å²) in [5.41, 5.74) is 3.79. The Bertz CT molecular complexity index is 798. The van der Waals surface area contributed by atoms with Gasteiger partial charge in [0.05, 0.1) is 6.67 Å². The van der Waals surface area contributed by atoms with Crippen molar-refractivity contribution in [3.8, 4) is 0 Å². The van der Waals surface area contributed by atoms with Gasteiger partial charge in [-0.2, -0.15) is 0 Å². The molecule has 2 heterocycles. The maximum atomic E-state index is 3.20. The van der Waals surface area contributed by atoms with Crippen LogP contribution in [0.2, 0.25) is 0 Å². The van der Waals surface area contributed by atoms with Gasteiger partial charge in [-0.25, -0.2) is 0 Å². The Hall–Kier alpha value is -2.42. The SMILES string of the molecule is Cn1c2ccccc2c2cc(N3C=CNC3)ccc21. The summed E-state index contributed by atoms with van der Waals surface area (Å²) in [6, 6.07) is 15.2. The molecule has 0 fully saturated rings. The highest BCUT2D eigenvalue weighted by Crippen LogP contribution is 2.31. The van der Waals surface area contributed by atoms with Crippen molar-refractivity contribution in [1.29, 1.82) is 0 Å². The molecule has 0 unspecified atom stereocenters. The van der Waals surface area contributed by atoms with Crippen LogP contribution in [0.25, 0.3) is 21.8 Å². The Morgan fingerprint density at radius 3 is 2.68 bits per heavy atom. The van der Waals surface area contributed by atoms with E-state index in [1.165, 1.54) is 27.5 Å². The minimum atomic E-state index is 0.844. The predicted octanol–water partition coefficient (Wildman–Crippen LogP) is 3.17. The van der Waals surface area contributed by atoms with Gasteiger partial charge in [0, 0.05) is 46.9 Å². The molecule has 0 saturated carbocycles. The van der Waals surface area contributed by atoms with Gasteiger partial charge in [-0.1, -0.05) is 18.2 Å². The molecule has 2 aromatic carbocycles. The fourth-order valence-electron chi connectivity index (χ4n) is 2.86. The molecule has 1 aliphatic rings. The summed E-state index contributed by atoms with van der Waals surface area (Å²) in [7, 11) is 2.13. The number of anilines is 1. The minimum absolute atomic E-state index is 0.844. The smallest absolute Gasteiger partial charge is 0.0916 e. The fourth-order valence-corrected chi connectivity index (χ4v) is 2.86. The molecule has 3 aromatic rings. The molecule has 94 valence electrons. The first-order chi connectivity index (χ1) is 9.34. The van der Waals surface area contributed by atoms with E-state index in [2.05, 4.69) is 70.5 Å². The van der Waals surface area contributed by atoms with E-state index in [4.69, 9.17) is 0 Å². The maximum absolute atomic E-state index is 3.20. The molecule has 3 heteroatoms. The van der Waals surface area contributed by atoms with E-state index in [1.54, 1.807) is 0 Å². The number of nitrogens with one attached hydrogen (secondary N) is 1. The number of rotatable bonds is 1. The summed E-state index contributed by atoms with van der Waals surface area (Å²) in [4.78, 5) is 2.21. The van der Waals surface area contributed by atoms with E-state index in [9.17, 15) is 0 Å². The second-order valence-corrected chi connectivity index (χ2v) is 4.93. The van der Waals surface area contributed by atoms with Crippen LogP contribution in [0.5, 0.6) is 0 Å². The average molecular weight is 249 g/mol. The summed E-state index contributed by atoms with van der Waals surface area (Å²) in [5.74, 6) is 0. The first-order valence-electron chi connectivity index (χ1n) is 6.48. The quantitative estimate of drug-likeness (QED) is 0.715. The number of nitrogens with zero attached hydrogens (tertiary/aromatic N) is 2. The molecule has 3 nitrogen and oxygen atoms in total. The molecule has 0 spiro atoms. The molecule has 0 atom stereocenters. The highest BCUT2D eigenvalue weighted by molar-refractivity contribution is 6.09. The van der Waals surface area contributed by atoms with Gasteiger partial charge in [-0.05, 0) is 24.3 Å². The number of aryl methyl sites for hydroxylation is 1. The van der Waals surface area contributed by atoms with Crippen molar-refractivity contribution in [2.45, 2.75) is 0 Å². The summed E-state index contributed by atoms with van der Waals surface area (Å²) < 4.78 is 2.26. The lowest BCUT2D eigenvalue weighted by Gasteiger charge is -2.15. The Kier molecular flexibility index (Phi) is 2.09. The van der Waals surface area contributed by atoms with Gasteiger partial charge in [0.1, 0.15) is 0 Å². The zero-order valence-electron chi connectivity index (χ0n) is 10.8. The molecule has 0 saturated heterocycles. The number of para-hydroxylation sites is 1.